The van der Waals surface area contributed by atoms with E-state index in [1.807, 2.05) is 25.3 Å². The predicted molar refractivity (Wildman–Crippen MR) is 154 cm³/mol. The van der Waals surface area contributed by atoms with Crippen LogP contribution in [-0.2, 0) is 29.0 Å². The number of nitrogens with one attached hydrogen (secondary N) is 4. The molecule has 3 heterocycles. The number of carbonyl (C=O) groups excluding carboxylic acids is 2. The van der Waals surface area contributed by atoms with Gasteiger partial charge in [0, 0.05) is 50.5 Å². The monoisotopic (exact) mass is 553 g/mol. The highest BCUT2D eigenvalue weighted by Gasteiger charge is 2.20. The smallest absolute Gasteiger partial charge is 0.330 e. The number of benzene rings is 1. The molecule has 40 heavy (non-hydrogen) atoms. The lowest BCUT2D eigenvalue weighted by Gasteiger charge is -2.12. The number of hydrogen-bond donors (Lipinski definition) is 4. The minimum absolute atomic E-state index is 0.0665. The summed E-state index contributed by atoms with van der Waals surface area (Å²) in [4.78, 5) is 57.3. The van der Waals surface area contributed by atoms with Crippen molar-refractivity contribution in [2.24, 2.45) is 5.92 Å². The summed E-state index contributed by atoms with van der Waals surface area (Å²) in [6.45, 7) is 8.31. The highest BCUT2D eigenvalue weighted by atomic mass is 16.5. The van der Waals surface area contributed by atoms with Gasteiger partial charge in [0.2, 0.25) is 5.91 Å². The molecular weight excluding hydrogens is 514 g/mol. The van der Waals surface area contributed by atoms with Gasteiger partial charge in [0.25, 0.3) is 5.56 Å². The van der Waals surface area contributed by atoms with Crippen LogP contribution in [0.25, 0.3) is 11.2 Å². The van der Waals surface area contributed by atoms with Crippen LogP contribution in [0, 0.1) is 5.92 Å². The maximum atomic E-state index is 12.8. The molecule has 1 atom stereocenters. The van der Waals surface area contributed by atoms with Gasteiger partial charge in [0.05, 0.1) is 6.10 Å². The fourth-order valence-corrected chi connectivity index (χ4v) is 4.77. The number of fused-ring (bicyclic) bond motifs is 1. The number of ether oxygens (including phenoxy) is 1. The van der Waals surface area contributed by atoms with Crippen molar-refractivity contribution in [2.45, 2.75) is 78.5 Å². The summed E-state index contributed by atoms with van der Waals surface area (Å²) < 4.78 is 8.85. The number of amides is 3. The molecule has 0 aliphatic carbocycles. The number of aromatic amines is 1. The molecule has 1 fully saturated rings. The van der Waals surface area contributed by atoms with Gasteiger partial charge in [-0.15, -0.1) is 0 Å². The minimum atomic E-state index is -0.470. The molecule has 216 valence electrons. The lowest BCUT2D eigenvalue weighted by atomic mass is 10.2. The van der Waals surface area contributed by atoms with Crippen molar-refractivity contribution in [3.05, 3.63) is 50.9 Å². The largest absolute Gasteiger partial charge is 0.376 e. The van der Waals surface area contributed by atoms with Gasteiger partial charge in [0.1, 0.15) is 5.82 Å². The van der Waals surface area contributed by atoms with Crippen molar-refractivity contribution in [3.63, 3.8) is 0 Å². The van der Waals surface area contributed by atoms with Crippen molar-refractivity contribution in [2.75, 3.05) is 23.8 Å². The van der Waals surface area contributed by atoms with E-state index in [0.717, 1.165) is 32.3 Å². The van der Waals surface area contributed by atoms with Crippen LogP contribution < -0.4 is 27.2 Å². The topological polar surface area (TPSA) is 152 Å². The molecule has 1 aliphatic rings. The van der Waals surface area contributed by atoms with Gasteiger partial charge in [-0.25, -0.2) is 14.6 Å². The maximum Gasteiger partial charge on any atom is 0.330 e. The molecule has 0 bridgehead atoms. The van der Waals surface area contributed by atoms with Crippen LogP contribution in [0.1, 0.15) is 58.7 Å². The van der Waals surface area contributed by atoms with E-state index in [0.29, 0.717) is 54.4 Å². The number of unbranched alkanes of at least 4 members (excludes halogenated alkanes) is 1. The van der Waals surface area contributed by atoms with E-state index in [2.05, 4.69) is 25.9 Å². The Balaban J connectivity index is 1.39. The molecule has 0 spiro atoms. The molecule has 12 nitrogen and oxygen atoms in total. The highest BCUT2D eigenvalue weighted by Crippen LogP contribution is 2.18. The summed E-state index contributed by atoms with van der Waals surface area (Å²) in [5.41, 5.74) is 0.984. The molecule has 2 aromatic heterocycles. The van der Waals surface area contributed by atoms with Crippen molar-refractivity contribution < 1.29 is 14.3 Å². The number of anilines is 2. The van der Waals surface area contributed by atoms with Crippen molar-refractivity contribution in [1.82, 2.24) is 24.4 Å². The summed E-state index contributed by atoms with van der Waals surface area (Å²) in [7, 11) is 0. The first-order valence-corrected chi connectivity index (χ1v) is 14.0. The molecule has 4 rings (SSSR count). The molecule has 0 saturated carbocycles. The van der Waals surface area contributed by atoms with Crippen molar-refractivity contribution >= 4 is 34.5 Å². The normalized spacial score (nSPS) is 15.1. The molecular formula is C28H39N7O5. The van der Waals surface area contributed by atoms with E-state index in [1.54, 1.807) is 24.3 Å². The van der Waals surface area contributed by atoms with E-state index >= 15 is 0 Å². The molecule has 0 radical (unpaired) electrons. The average molecular weight is 554 g/mol. The summed E-state index contributed by atoms with van der Waals surface area (Å²) in [5, 5.41) is 8.44. The molecule has 12 heteroatoms. The number of hydrogen-bond acceptors (Lipinski definition) is 6. The second kappa shape index (κ2) is 13.4. The summed E-state index contributed by atoms with van der Waals surface area (Å²) in [5.74, 6) is 0.606. The Kier molecular flexibility index (Phi) is 9.75. The standard InChI is InChI=1S/C28H39N7O5/c1-4-5-14-34-25-24(26(37)33-28(34)39)35(17-18(2)3)22(32-25)12-13-23(36)30-19-8-10-20(11-9-19)31-27(38)29-16-21-7-6-15-40-21/h8-11,18,21H,4-7,12-17H2,1-3H3,(H,30,36)(H2,29,31,38)(H,33,37,39). The molecule has 4 N–H and O–H groups in total. The molecule has 1 aliphatic heterocycles. The molecule has 3 aromatic rings. The first-order valence-electron chi connectivity index (χ1n) is 14.0. The summed E-state index contributed by atoms with van der Waals surface area (Å²) in [6, 6.07) is 6.55. The fraction of sp³-hybridized carbons (Fsp3) is 0.536. The quantitative estimate of drug-likeness (QED) is 0.270. The van der Waals surface area contributed by atoms with Gasteiger partial charge in [-0.3, -0.25) is 19.1 Å². The van der Waals surface area contributed by atoms with Crippen LogP contribution in [0.4, 0.5) is 16.2 Å². The number of urea groups is 1. The third-order valence-corrected chi connectivity index (χ3v) is 6.76. The summed E-state index contributed by atoms with van der Waals surface area (Å²) in [6.07, 6.45) is 4.15. The van der Waals surface area contributed by atoms with Crippen molar-refractivity contribution in [1.29, 1.82) is 0 Å². The van der Waals surface area contributed by atoms with Gasteiger partial charge in [-0.1, -0.05) is 27.2 Å². The maximum absolute atomic E-state index is 12.8. The number of H-pyrrole nitrogens is 1. The Hall–Kier alpha value is -3.93. The highest BCUT2D eigenvalue weighted by molar-refractivity contribution is 5.92. The Morgan fingerprint density at radius 1 is 1.12 bits per heavy atom. The molecule has 3 amide bonds. The molecule has 1 unspecified atom stereocenters. The lowest BCUT2D eigenvalue weighted by molar-refractivity contribution is -0.116. The van der Waals surface area contributed by atoms with Crippen LogP contribution in [0.15, 0.2) is 33.9 Å². The number of nitrogens with zero attached hydrogens (tertiary/aromatic N) is 3. The van der Waals surface area contributed by atoms with E-state index < -0.39 is 11.2 Å². The average Bonchev–Trinajstić information content (AvgIpc) is 3.55. The molecule has 1 saturated heterocycles. The first-order chi connectivity index (χ1) is 19.2. The number of aryl methyl sites for hydroxylation is 2. The van der Waals surface area contributed by atoms with E-state index in [1.165, 1.54) is 4.57 Å². The van der Waals surface area contributed by atoms with Gasteiger partial charge in [-0.05, 0) is 49.4 Å². The number of carbonyl (C=O) groups is 2. The van der Waals surface area contributed by atoms with Gasteiger partial charge in [-0.2, -0.15) is 0 Å². The van der Waals surface area contributed by atoms with Crippen LogP contribution in [-0.4, -0.2) is 50.3 Å². The van der Waals surface area contributed by atoms with Crippen molar-refractivity contribution in [3.8, 4) is 0 Å². The Morgan fingerprint density at radius 2 is 1.85 bits per heavy atom. The van der Waals surface area contributed by atoms with E-state index in [9.17, 15) is 19.2 Å². The third-order valence-electron chi connectivity index (χ3n) is 6.76. The second-order valence-corrected chi connectivity index (χ2v) is 10.6. The SMILES string of the molecule is CCCCn1c(=O)[nH]c(=O)c2c1nc(CCC(=O)Nc1ccc(NC(=O)NCC3CCCO3)cc1)n2CC(C)C. The van der Waals surface area contributed by atoms with Crippen LogP contribution >= 0.6 is 0 Å². The first kappa shape index (κ1) is 29.1. The zero-order valence-corrected chi connectivity index (χ0v) is 23.4. The van der Waals surface area contributed by atoms with E-state index in [4.69, 9.17) is 4.74 Å². The third kappa shape index (κ3) is 7.38. The van der Waals surface area contributed by atoms with Gasteiger partial charge < -0.3 is 25.3 Å². The Labute approximate surface area is 232 Å². The number of aromatic nitrogens is 4. The predicted octanol–water partition coefficient (Wildman–Crippen LogP) is 3.21. The summed E-state index contributed by atoms with van der Waals surface area (Å²) >= 11 is 0. The zero-order valence-electron chi connectivity index (χ0n) is 23.4. The van der Waals surface area contributed by atoms with E-state index in [-0.39, 0.29) is 30.4 Å². The van der Waals surface area contributed by atoms with Crippen LogP contribution in [0.3, 0.4) is 0 Å². The Morgan fingerprint density at radius 3 is 2.50 bits per heavy atom. The Bertz CT molecular complexity index is 1430. The molecule has 1 aromatic carbocycles. The second-order valence-electron chi connectivity index (χ2n) is 10.6. The van der Waals surface area contributed by atoms with Crippen LogP contribution in [0.2, 0.25) is 0 Å². The number of rotatable bonds is 12. The zero-order chi connectivity index (χ0) is 28.6. The van der Waals surface area contributed by atoms with Gasteiger partial charge in [0.15, 0.2) is 11.2 Å². The number of imidazole rings is 1. The lowest BCUT2D eigenvalue weighted by Crippen LogP contribution is -2.35. The van der Waals surface area contributed by atoms with Gasteiger partial charge >= 0.3 is 11.7 Å². The minimum Gasteiger partial charge on any atom is -0.376 e. The fourth-order valence-electron chi connectivity index (χ4n) is 4.77. The van der Waals surface area contributed by atoms with Crippen LogP contribution in [0.5, 0.6) is 0 Å².